The molecule has 5 aromatic rings. The van der Waals surface area contributed by atoms with Gasteiger partial charge in [-0.15, -0.1) is 11.3 Å². The van der Waals surface area contributed by atoms with Crippen LogP contribution in [0.15, 0.2) is 84.4 Å². The molecule has 302 valence electrons. The Bertz CT molecular complexity index is 2630. The van der Waals surface area contributed by atoms with Crippen LogP contribution in [-0.2, 0) is 32.8 Å². The number of nitrogens with zero attached hydrogens (tertiary/aromatic N) is 5. The molecule has 5 aliphatic rings. The predicted octanol–water partition coefficient (Wildman–Crippen LogP) is 8.00. The van der Waals surface area contributed by atoms with Gasteiger partial charge in [0, 0.05) is 54.4 Å². The first-order chi connectivity index (χ1) is 28.3. The number of carbonyl (C=O) groups excluding carboxylic acids is 4. The molecular formula is C46H43ClFN5O5S. The lowest BCUT2D eigenvalue weighted by Gasteiger charge is -2.49. The number of phenols is 1. The lowest BCUT2D eigenvalue weighted by Crippen LogP contribution is -2.49. The fraction of sp³-hybridized carbons (Fsp3) is 0.370. The predicted molar refractivity (Wildman–Crippen MR) is 223 cm³/mol. The first kappa shape index (κ1) is 38.1. The van der Waals surface area contributed by atoms with Crippen LogP contribution in [0.1, 0.15) is 55.2 Å². The number of aryl methyl sites for hydroxylation is 2. The number of phenolic OH excluding ortho intramolecular Hbond substituents is 1. The summed E-state index contributed by atoms with van der Waals surface area (Å²) in [6.45, 7) is 6.08. The number of amides is 4. The van der Waals surface area contributed by atoms with Gasteiger partial charge in [-0.2, -0.15) is 5.10 Å². The maximum atomic E-state index is 15.3. The number of hydrogen-bond donors (Lipinski definition) is 1. The van der Waals surface area contributed by atoms with Crippen molar-refractivity contribution in [1.29, 1.82) is 0 Å². The van der Waals surface area contributed by atoms with Crippen LogP contribution < -0.4 is 4.90 Å². The lowest BCUT2D eigenvalue weighted by atomic mass is 9.51. The number of aromatic nitrogens is 2. The molecule has 6 atom stereocenters. The topological polar surface area (TPSA) is 116 Å². The van der Waals surface area contributed by atoms with Crippen LogP contribution in [0.25, 0.3) is 20.7 Å². The van der Waals surface area contributed by atoms with Crippen molar-refractivity contribution in [2.24, 2.45) is 36.1 Å². The number of hydrogen-bond acceptors (Lipinski definition) is 8. The maximum absolute atomic E-state index is 15.3. The van der Waals surface area contributed by atoms with Crippen LogP contribution in [0.2, 0.25) is 5.02 Å². The SMILES string of the molecule is Cc1c(-c2cc(N3C(=O)C4CC5C(=CCC6C(=O)N(C7CCN(Cc8ccccc8)CC7)C(=O)C65)C(c5ccc(O)c(F)c5)C4(C)C3=O)n(C)n2)sc2ccc(Cl)cc12. The Kier molecular flexibility index (Phi) is 9.00. The molecule has 4 fully saturated rings. The summed E-state index contributed by atoms with van der Waals surface area (Å²) >= 11 is 7.88. The highest BCUT2D eigenvalue weighted by atomic mass is 35.5. The molecule has 4 amide bonds. The van der Waals surface area contributed by atoms with E-state index in [0.717, 1.165) is 45.7 Å². The van der Waals surface area contributed by atoms with Gasteiger partial charge in [0.25, 0.3) is 0 Å². The van der Waals surface area contributed by atoms with E-state index in [2.05, 4.69) is 17.0 Å². The van der Waals surface area contributed by atoms with Crippen molar-refractivity contribution in [3.05, 3.63) is 112 Å². The van der Waals surface area contributed by atoms with E-state index in [0.29, 0.717) is 41.4 Å². The van der Waals surface area contributed by atoms with E-state index in [9.17, 15) is 19.5 Å². The van der Waals surface area contributed by atoms with E-state index >= 15 is 9.18 Å². The lowest BCUT2D eigenvalue weighted by molar-refractivity contribution is -0.144. The quantitative estimate of drug-likeness (QED) is 0.136. The van der Waals surface area contributed by atoms with Gasteiger partial charge in [0.15, 0.2) is 11.6 Å². The summed E-state index contributed by atoms with van der Waals surface area (Å²) in [5.41, 5.74) is 2.63. The van der Waals surface area contributed by atoms with Gasteiger partial charge in [0.2, 0.25) is 23.6 Å². The van der Waals surface area contributed by atoms with Crippen molar-refractivity contribution in [1.82, 2.24) is 19.6 Å². The highest BCUT2D eigenvalue weighted by Gasteiger charge is 2.68. The fourth-order valence-electron chi connectivity index (χ4n) is 11.1. The maximum Gasteiger partial charge on any atom is 0.242 e. The number of benzene rings is 3. The number of thiophene rings is 1. The molecule has 3 saturated heterocycles. The summed E-state index contributed by atoms with van der Waals surface area (Å²) in [6, 6.07) is 21.6. The minimum atomic E-state index is -1.37. The molecule has 5 heterocycles. The average Bonchev–Trinajstić information content (AvgIpc) is 3.90. The van der Waals surface area contributed by atoms with Crippen molar-refractivity contribution < 1.29 is 28.7 Å². The van der Waals surface area contributed by atoms with E-state index in [1.807, 2.05) is 49.4 Å². The molecule has 2 aromatic heterocycles. The van der Waals surface area contributed by atoms with E-state index in [1.54, 1.807) is 42.1 Å². The van der Waals surface area contributed by atoms with Crippen molar-refractivity contribution in [2.45, 2.75) is 58.0 Å². The summed E-state index contributed by atoms with van der Waals surface area (Å²) < 4.78 is 17.8. The number of piperidine rings is 1. The number of rotatable bonds is 6. The monoisotopic (exact) mass is 831 g/mol. The largest absolute Gasteiger partial charge is 0.505 e. The van der Waals surface area contributed by atoms with E-state index < -0.39 is 58.4 Å². The Labute approximate surface area is 349 Å². The molecule has 6 unspecified atom stereocenters. The zero-order chi connectivity index (χ0) is 41.1. The summed E-state index contributed by atoms with van der Waals surface area (Å²) in [4.78, 5) is 65.0. The Morgan fingerprint density at radius 3 is 2.46 bits per heavy atom. The zero-order valence-corrected chi connectivity index (χ0v) is 34.5. The molecule has 2 aliphatic carbocycles. The zero-order valence-electron chi connectivity index (χ0n) is 32.9. The Morgan fingerprint density at radius 1 is 0.949 bits per heavy atom. The van der Waals surface area contributed by atoms with Gasteiger partial charge in [-0.1, -0.05) is 59.6 Å². The molecule has 3 aromatic carbocycles. The number of fused-ring (bicyclic) bond motifs is 5. The van der Waals surface area contributed by atoms with Gasteiger partial charge < -0.3 is 5.11 Å². The molecule has 1 N–H and O–H groups in total. The summed E-state index contributed by atoms with van der Waals surface area (Å²) in [6.07, 6.45) is 3.81. The van der Waals surface area contributed by atoms with Crippen LogP contribution in [-0.4, -0.2) is 67.4 Å². The van der Waals surface area contributed by atoms with Crippen molar-refractivity contribution in [2.75, 3.05) is 18.0 Å². The van der Waals surface area contributed by atoms with Crippen LogP contribution in [0, 0.1) is 41.8 Å². The van der Waals surface area contributed by atoms with Gasteiger partial charge in [-0.25, -0.2) is 9.29 Å². The molecule has 0 radical (unpaired) electrons. The highest BCUT2D eigenvalue weighted by Crippen LogP contribution is 2.64. The normalized spacial score (nSPS) is 27.4. The average molecular weight is 832 g/mol. The first-order valence-electron chi connectivity index (χ1n) is 20.3. The number of halogens is 2. The minimum Gasteiger partial charge on any atom is -0.505 e. The van der Waals surface area contributed by atoms with E-state index in [-0.39, 0.29) is 24.3 Å². The van der Waals surface area contributed by atoms with Crippen molar-refractivity contribution >= 4 is 62.5 Å². The van der Waals surface area contributed by atoms with Crippen LogP contribution >= 0.6 is 22.9 Å². The molecule has 10 rings (SSSR count). The molecule has 0 bridgehead atoms. The second-order valence-corrected chi connectivity index (χ2v) is 18.6. The van der Waals surface area contributed by atoms with Gasteiger partial charge in [-0.3, -0.25) is 33.7 Å². The second-order valence-electron chi connectivity index (χ2n) is 17.1. The van der Waals surface area contributed by atoms with Crippen molar-refractivity contribution in [3.8, 4) is 16.3 Å². The van der Waals surface area contributed by atoms with Gasteiger partial charge in [0.05, 0.1) is 28.0 Å². The van der Waals surface area contributed by atoms with E-state index in [4.69, 9.17) is 16.7 Å². The number of anilines is 1. The number of aromatic hydroxyl groups is 1. The summed E-state index contributed by atoms with van der Waals surface area (Å²) in [5.74, 6) is -5.83. The third-order valence-corrected chi connectivity index (χ3v) is 15.5. The van der Waals surface area contributed by atoms with Crippen LogP contribution in [0.3, 0.4) is 0 Å². The number of carbonyl (C=O) groups is 4. The van der Waals surface area contributed by atoms with Gasteiger partial charge in [0.1, 0.15) is 11.5 Å². The first-order valence-corrected chi connectivity index (χ1v) is 21.5. The third kappa shape index (κ3) is 5.77. The fourth-order valence-corrected chi connectivity index (χ4v) is 12.4. The minimum absolute atomic E-state index is 0.172. The standard InChI is InChI=1S/C46H43ClFN5O5S/c1-24-31-20-27(47)10-14-37(31)59-41(24)35-22-38(50(3)49-35)53-43(56)33-21-32-29(40(46(33,2)45(53)58)26-9-13-36(54)34(48)19-26)11-12-30-39(32)44(57)52(42(30)55)28-15-17-51(18-16-28)23-25-7-5-4-6-8-25/h4-11,13-14,19-20,22,28,30,32-33,39-40,54H,12,15-18,21,23H2,1-3H3. The smallest absolute Gasteiger partial charge is 0.242 e. The summed E-state index contributed by atoms with van der Waals surface area (Å²) in [5, 5.41) is 16.6. The highest BCUT2D eigenvalue weighted by molar-refractivity contribution is 7.22. The number of likely N-dealkylation sites (tertiary alicyclic amines) is 2. The number of allylic oxidation sites excluding steroid dienone is 2. The molecule has 10 nitrogen and oxygen atoms in total. The third-order valence-electron chi connectivity index (χ3n) is 14.0. The Morgan fingerprint density at radius 2 is 1.71 bits per heavy atom. The van der Waals surface area contributed by atoms with E-state index in [1.165, 1.54) is 27.5 Å². The van der Waals surface area contributed by atoms with Crippen molar-refractivity contribution in [3.63, 3.8) is 0 Å². The summed E-state index contributed by atoms with van der Waals surface area (Å²) in [7, 11) is 1.70. The van der Waals surface area contributed by atoms with Gasteiger partial charge in [-0.05, 0) is 97.9 Å². The van der Waals surface area contributed by atoms with Crippen LogP contribution in [0.5, 0.6) is 5.75 Å². The molecular weight excluding hydrogens is 789 g/mol. The van der Waals surface area contributed by atoms with Crippen LogP contribution in [0.4, 0.5) is 10.2 Å². The molecule has 1 saturated carbocycles. The Balaban J connectivity index is 0.992. The number of imide groups is 2. The molecule has 13 heteroatoms. The van der Waals surface area contributed by atoms with Gasteiger partial charge >= 0.3 is 0 Å². The molecule has 3 aliphatic heterocycles. The molecule has 59 heavy (non-hydrogen) atoms. The molecule has 0 spiro atoms. The second kappa shape index (κ2) is 14.0. The Hall–Kier alpha value is -5.17.